The van der Waals surface area contributed by atoms with Gasteiger partial charge in [-0.2, -0.15) is 0 Å². The highest BCUT2D eigenvalue weighted by Crippen LogP contribution is 2.23. The topological polar surface area (TPSA) is 35.2 Å². The Morgan fingerprint density at radius 1 is 0.950 bits per heavy atom. The minimum Gasteiger partial charge on any atom is -0.490 e. The van der Waals surface area contributed by atoms with Gasteiger partial charge < -0.3 is 10.5 Å². The van der Waals surface area contributed by atoms with Gasteiger partial charge in [0.25, 0.3) is 0 Å². The molecule has 0 saturated carbocycles. The third-order valence-electron chi connectivity index (χ3n) is 3.16. The summed E-state index contributed by atoms with van der Waals surface area (Å²) in [4.78, 5) is 0. The van der Waals surface area contributed by atoms with Crippen LogP contribution in [0.5, 0.6) is 5.75 Å². The Morgan fingerprint density at radius 2 is 1.75 bits per heavy atom. The molecule has 0 aliphatic carbocycles. The summed E-state index contributed by atoms with van der Waals surface area (Å²) in [6, 6.07) is 15.2. The summed E-state index contributed by atoms with van der Waals surface area (Å²) in [5.41, 5.74) is 7.64. The molecule has 2 aromatic carbocycles. The van der Waals surface area contributed by atoms with Gasteiger partial charge in [-0.15, -0.1) is 0 Å². The lowest BCUT2D eigenvalue weighted by Crippen LogP contribution is -2.08. The van der Waals surface area contributed by atoms with Crippen molar-refractivity contribution in [3.05, 3.63) is 65.5 Å². The van der Waals surface area contributed by atoms with Crippen LogP contribution in [-0.2, 0) is 12.8 Å². The lowest BCUT2D eigenvalue weighted by atomic mass is 10.1. The molecule has 20 heavy (non-hydrogen) atoms. The minimum atomic E-state index is -0.310. The Morgan fingerprint density at radius 3 is 2.50 bits per heavy atom. The summed E-state index contributed by atoms with van der Waals surface area (Å²) in [5, 5.41) is 0. The van der Waals surface area contributed by atoms with Crippen LogP contribution in [0, 0.1) is 5.82 Å². The molecular formula is C17H20FNO. The van der Waals surface area contributed by atoms with Gasteiger partial charge >= 0.3 is 0 Å². The molecule has 0 atom stereocenters. The third kappa shape index (κ3) is 4.07. The number of para-hydroxylation sites is 1. The summed E-state index contributed by atoms with van der Waals surface area (Å²) in [6.07, 6.45) is 2.42. The first-order chi connectivity index (χ1) is 9.81. The predicted octanol–water partition coefficient (Wildman–Crippen LogP) is 3.34. The van der Waals surface area contributed by atoms with Gasteiger partial charge in [0.2, 0.25) is 0 Å². The molecule has 3 heteroatoms. The van der Waals surface area contributed by atoms with E-state index in [-0.39, 0.29) is 5.82 Å². The van der Waals surface area contributed by atoms with Gasteiger partial charge in [0.05, 0.1) is 6.61 Å². The molecular weight excluding hydrogens is 253 g/mol. The fourth-order valence-electron chi connectivity index (χ4n) is 2.16. The van der Waals surface area contributed by atoms with E-state index in [1.807, 2.05) is 24.3 Å². The molecule has 2 nitrogen and oxygen atoms in total. The number of benzene rings is 2. The van der Waals surface area contributed by atoms with Crippen LogP contribution in [0.15, 0.2) is 48.5 Å². The van der Waals surface area contributed by atoms with E-state index in [0.29, 0.717) is 25.3 Å². The molecule has 0 heterocycles. The standard InChI is InChI=1S/C17H20FNO/c18-16-10-4-9-15(11-12-19)17(16)20-13-5-8-14-6-2-1-3-7-14/h1-4,6-7,9-10H,5,8,11-13,19H2. The molecule has 0 saturated heterocycles. The van der Waals surface area contributed by atoms with E-state index in [9.17, 15) is 4.39 Å². The molecule has 0 fully saturated rings. The van der Waals surface area contributed by atoms with E-state index in [4.69, 9.17) is 10.5 Å². The lowest BCUT2D eigenvalue weighted by Gasteiger charge is -2.12. The number of aryl methyl sites for hydroxylation is 1. The molecule has 0 spiro atoms. The first-order valence-corrected chi connectivity index (χ1v) is 6.95. The van der Waals surface area contributed by atoms with Gasteiger partial charge in [-0.3, -0.25) is 0 Å². The summed E-state index contributed by atoms with van der Waals surface area (Å²) in [7, 11) is 0. The van der Waals surface area contributed by atoms with Crippen LogP contribution in [-0.4, -0.2) is 13.2 Å². The van der Waals surface area contributed by atoms with Crippen molar-refractivity contribution in [1.29, 1.82) is 0 Å². The largest absolute Gasteiger partial charge is 0.490 e. The van der Waals surface area contributed by atoms with Crippen molar-refractivity contribution in [2.24, 2.45) is 5.73 Å². The zero-order chi connectivity index (χ0) is 14.2. The maximum atomic E-state index is 13.8. The van der Waals surface area contributed by atoms with Crippen molar-refractivity contribution in [3.8, 4) is 5.75 Å². The molecule has 2 N–H and O–H groups in total. The number of nitrogens with two attached hydrogens (primary N) is 1. The molecule has 0 unspecified atom stereocenters. The van der Waals surface area contributed by atoms with Crippen molar-refractivity contribution >= 4 is 0 Å². The van der Waals surface area contributed by atoms with Crippen molar-refractivity contribution in [2.45, 2.75) is 19.3 Å². The van der Waals surface area contributed by atoms with E-state index in [2.05, 4.69) is 12.1 Å². The van der Waals surface area contributed by atoms with E-state index in [1.165, 1.54) is 11.6 Å². The van der Waals surface area contributed by atoms with Gasteiger partial charge in [0, 0.05) is 0 Å². The number of hydrogen-bond acceptors (Lipinski definition) is 2. The van der Waals surface area contributed by atoms with E-state index < -0.39 is 0 Å². The summed E-state index contributed by atoms with van der Waals surface area (Å²) < 4.78 is 19.4. The second-order valence-corrected chi connectivity index (χ2v) is 4.70. The highest BCUT2D eigenvalue weighted by molar-refractivity contribution is 5.35. The fourth-order valence-corrected chi connectivity index (χ4v) is 2.16. The fraction of sp³-hybridized carbons (Fsp3) is 0.294. The van der Waals surface area contributed by atoms with Crippen LogP contribution in [0.4, 0.5) is 4.39 Å². The minimum absolute atomic E-state index is 0.310. The average molecular weight is 273 g/mol. The summed E-state index contributed by atoms with van der Waals surface area (Å²) in [5.74, 6) is 0.0432. The van der Waals surface area contributed by atoms with Crippen LogP contribution in [0.2, 0.25) is 0 Å². The van der Waals surface area contributed by atoms with E-state index >= 15 is 0 Å². The van der Waals surface area contributed by atoms with E-state index in [0.717, 1.165) is 18.4 Å². The smallest absolute Gasteiger partial charge is 0.165 e. The molecule has 0 aliphatic rings. The van der Waals surface area contributed by atoms with Crippen LogP contribution in [0.25, 0.3) is 0 Å². The molecule has 0 aromatic heterocycles. The second-order valence-electron chi connectivity index (χ2n) is 4.70. The van der Waals surface area contributed by atoms with Gasteiger partial charge in [0.1, 0.15) is 0 Å². The Labute approximate surface area is 119 Å². The van der Waals surface area contributed by atoms with Crippen molar-refractivity contribution in [1.82, 2.24) is 0 Å². The predicted molar refractivity (Wildman–Crippen MR) is 79.4 cm³/mol. The first kappa shape index (κ1) is 14.5. The highest BCUT2D eigenvalue weighted by Gasteiger charge is 2.08. The number of halogens is 1. The summed E-state index contributed by atoms with van der Waals surface area (Å²) in [6.45, 7) is 0.997. The normalized spacial score (nSPS) is 10.5. The van der Waals surface area contributed by atoms with E-state index in [1.54, 1.807) is 6.07 Å². The van der Waals surface area contributed by atoms with Crippen molar-refractivity contribution < 1.29 is 9.13 Å². The average Bonchev–Trinajstić information content (AvgIpc) is 2.47. The monoisotopic (exact) mass is 273 g/mol. The van der Waals surface area contributed by atoms with Gasteiger partial charge in [-0.1, -0.05) is 42.5 Å². The van der Waals surface area contributed by atoms with Crippen LogP contribution in [0.3, 0.4) is 0 Å². The Bertz CT molecular complexity index is 528. The maximum Gasteiger partial charge on any atom is 0.165 e. The molecule has 2 rings (SSSR count). The number of rotatable bonds is 7. The molecule has 2 aromatic rings. The number of ether oxygens (including phenoxy) is 1. The van der Waals surface area contributed by atoms with Gasteiger partial charge in [-0.05, 0) is 43.0 Å². The second kappa shape index (κ2) is 7.65. The third-order valence-corrected chi connectivity index (χ3v) is 3.16. The Balaban J connectivity index is 1.87. The zero-order valence-corrected chi connectivity index (χ0v) is 11.5. The molecule has 0 amide bonds. The van der Waals surface area contributed by atoms with Crippen LogP contribution < -0.4 is 10.5 Å². The van der Waals surface area contributed by atoms with Crippen molar-refractivity contribution in [3.63, 3.8) is 0 Å². The van der Waals surface area contributed by atoms with Crippen LogP contribution in [0.1, 0.15) is 17.5 Å². The SMILES string of the molecule is NCCc1cccc(F)c1OCCCc1ccccc1. The maximum absolute atomic E-state index is 13.8. The molecule has 0 radical (unpaired) electrons. The molecule has 106 valence electrons. The number of hydrogen-bond donors (Lipinski definition) is 1. The molecule has 0 aliphatic heterocycles. The zero-order valence-electron chi connectivity index (χ0n) is 11.5. The Hall–Kier alpha value is -1.87. The quantitative estimate of drug-likeness (QED) is 0.785. The molecule has 0 bridgehead atoms. The van der Waals surface area contributed by atoms with Crippen molar-refractivity contribution in [2.75, 3.05) is 13.2 Å². The summed E-state index contributed by atoms with van der Waals surface area (Å²) >= 11 is 0. The van der Waals surface area contributed by atoms with Crippen LogP contribution >= 0.6 is 0 Å². The first-order valence-electron chi connectivity index (χ1n) is 6.95. The highest BCUT2D eigenvalue weighted by atomic mass is 19.1. The van der Waals surface area contributed by atoms with Gasteiger partial charge in [0.15, 0.2) is 11.6 Å². The Kier molecular flexibility index (Phi) is 5.56. The van der Waals surface area contributed by atoms with Gasteiger partial charge in [-0.25, -0.2) is 4.39 Å². The lowest BCUT2D eigenvalue weighted by molar-refractivity contribution is 0.292.